The second-order valence-electron chi connectivity index (χ2n) is 4.92. The number of hydrogen-bond acceptors (Lipinski definition) is 3. The van der Waals surface area contributed by atoms with Crippen LogP contribution in [0.4, 0.5) is 0 Å². The molecule has 3 N–H and O–H groups in total. The average Bonchev–Trinajstić information content (AvgIpc) is 2.49. The lowest BCUT2D eigenvalue weighted by Gasteiger charge is -2.18. The molecule has 2 aromatic rings. The van der Waals surface area contributed by atoms with Crippen molar-refractivity contribution < 1.29 is 4.74 Å². The lowest BCUT2D eigenvalue weighted by atomic mass is 9.96. The van der Waals surface area contributed by atoms with Crippen LogP contribution in [0.2, 0.25) is 0 Å². The van der Waals surface area contributed by atoms with Crippen LogP contribution in [0.5, 0.6) is 5.75 Å². The van der Waals surface area contributed by atoms with Crippen molar-refractivity contribution in [1.82, 2.24) is 5.43 Å². The van der Waals surface area contributed by atoms with E-state index in [1.165, 1.54) is 5.56 Å². The van der Waals surface area contributed by atoms with E-state index in [0.717, 1.165) is 28.9 Å². The molecule has 3 heteroatoms. The van der Waals surface area contributed by atoms with Crippen LogP contribution in [0, 0.1) is 6.92 Å². The van der Waals surface area contributed by atoms with Crippen molar-refractivity contribution in [3.8, 4) is 5.75 Å². The molecule has 20 heavy (non-hydrogen) atoms. The fourth-order valence-corrected chi connectivity index (χ4v) is 2.41. The van der Waals surface area contributed by atoms with E-state index in [4.69, 9.17) is 10.6 Å². The second-order valence-corrected chi connectivity index (χ2v) is 4.92. The molecule has 0 radical (unpaired) electrons. The van der Waals surface area contributed by atoms with Gasteiger partial charge in [-0.3, -0.25) is 5.84 Å². The van der Waals surface area contributed by atoms with Gasteiger partial charge in [0.05, 0.1) is 13.2 Å². The first-order chi connectivity index (χ1) is 9.69. The molecule has 3 nitrogen and oxygen atoms in total. The van der Waals surface area contributed by atoms with Crippen molar-refractivity contribution >= 4 is 0 Å². The molecule has 0 amide bonds. The maximum Gasteiger partial charge on any atom is 0.121 e. The molecule has 0 bridgehead atoms. The summed E-state index contributed by atoms with van der Waals surface area (Å²) in [5.74, 6) is 6.64. The van der Waals surface area contributed by atoms with Gasteiger partial charge in [-0.05, 0) is 41.7 Å². The number of nitrogens with two attached hydrogens (primary N) is 1. The maximum atomic E-state index is 5.75. The Kier molecular flexibility index (Phi) is 4.77. The molecular formula is C17H22N2O. The van der Waals surface area contributed by atoms with E-state index >= 15 is 0 Å². The van der Waals surface area contributed by atoms with Crippen molar-refractivity contribution in [1.29, 1.82) is 0 Å². The Morgan fingerprint density at radius 1 is 1.10 bits per heavy atom. The largest absolute Gasteiger partial charge is 0.496 e. The maximum absolute atomic E-state index is 5.75. The summed E-state index contributed by atoms with van der Waals surface area (Å²) < 4.78 is 5.30. The summed E-state index contributed by atoms with van der Waals surface area (Å²) in [5.41, 5.74) is 7.63. The molecule has 0 aromatic heterocycles. The number of nitrogens with one attached hydrogen (secondary N) is 1. The first kappa shape index (κ1) is 14.6. The van der Waals surface area contributed by atoms with Crippen LogP contribution >= 0.6 is 0 Å². The molecule has 1 unspecified atom stereocenters. The summed E-state index contributed by atoms with van der Waals surface area (Å²) in [5, 5.41) is 0. The average molecular weight is 270 g/mol. The third-order valence-electron chi connectivity index (χ3n) is 3.64. The van der Waals surface area contributed by atoms with Gasteiger partial charge >= 0.3 is 0 Å². The van der Waals surface area contributed by atoms with Gasteiger partial charge in [-0.15, -0.1) is 0 Å². The minimum Gasteiger partial charge on any atom is -0.496 e. The molecule has 106 valence electrons. The molecule has 0 saturated heterocycles. The molecule has 0 spiro atoms. The van der Waals surface area contributed by atoms with Crippen molar-refractivity contribution in [2.75, 3.05) is 7.11 Å². The molecular weight excluding hydrogens is 248 g/mol. The predicted octanol–water partition coefficient (Wildman–Crippen LogP) is 3.12. The summed E-state index contributed by atoms with van der Waals surface area (Å²) >= 11 is 0. The molecule has 2 aromatic carbocycles. The molecule has 0 fully saturated rings. The number of benzene rings is 2. The Bertz CT molecular complexity index is 564. The van der Waals surface area contributed by atoms with Crippen LogP contribution in [-0.4, -0.2) is 7.11 Å². The highest BCUT2D eigenvalue weighted by Gasteiger charge is 2.13. The van der Waals surface area contributed by atoms with Crippen molar-refractivity contribution in [3.63, 3.8) is 0 Å². The fraction of sp³-hybridized carbons (Fsp3) is 0.294. The first-order valence-electron chi connectivity index (χ1n) is 6.89. The Morgan fingerprint density at radius 2 is 1.75 bits per heavy atom. The van der Waals surface area contributed by atoms with Crippen LogP contribution in [0.1, 0.15) is 35.2 Å². The summed E-state index contributed by atoms with van der Waals surface area (Å²) in [6, 6.07) is 14.7. The first-order valence-corrected chi connectivity index (χ1v) is 6.89. The van der Waals surface area contributed by atoms with Gasteiger partial charge in [-0.25, -0.2) is 5.43 Å². The third kappa shape index (κ3) is 3.00. The van der Waals surface area contributed by atoms with Crippen molar-refractivity contribution in [2.45, 2.75) is 26.3 Å². The Morgan fingerprint density at radius 3 is 2.25 bits per heavy atom. The smallest absolute Gasteiger partial charge is 0.121 e. The molecule has 0 aliphatic rings. The number of ether oxygens (including phenoxy) is 1. The van der Waals surface area contributed by atoms with Crippen molar-refractivity contribution in [2.24, 2.45) is 5.84 Å². The summed E-state index contributed by atoms with van der Waals surface area (Å²) in [6.45, 7) is 4.19. The highest BCUT2D eigenvalue weighted by molar-refractivity contribution is 5.41. The number of aryl methyl sites for hydroxylation is 2. The highest BCUT2D eigenvalue weighted by Crippen LogP contribution is 2.26. The SMILES string of the molecule is CCc1ccc(C(NN)c2ccc(OC)c(C)c2)cc1. The van der Waals surface area contributed by atoms with E-state index in [2.05, 4.69) is 42.7 Å². The van der Waals surface area contributed by atoms with E-state index in [1.807, 2.05) is 19.1 Å². The minimum absolute atomic E-state index is 0.00878. The topological polar surface area (TPSA) is 47.3 Å². The third-order valence-corrected chi connectivity index (χ3v) is 3.64. The quantitative estimate of drug-likeness (QED) is 0.648. The zero-order valence-electron chi connectivity index (χ0n) is 12.3. The summed E-state index contributed by atoms with van der Waals surface area (Å²) in [6.07, 6.45) is 1.04. The number of hydrazine groups is 1. The van der Waals surface area contributed by atoms with E-state index in [1.54, 1.807) is 7.11 Å². The van der Waals surface area contributed by atoms with Crippen LogP contribution in [0.15, 0.2) is 42.5 Å². The molecule has 1 atom stereocenters. The van der Waals surface area contributed by atoms with Crippen LogP contribution in [0.3, 0.4) is 0 Å². The van der Waals surface area contributed by atoms with Gasteiger partial charge in [-0.2, -0.15) is 0 Å². The van der Waals surface area contributed by atoms with E-state index in [9.17, 15) is 0 Å². The normalized spacial score (nSPS) is 12.2. The van der Waals surface area contributed by atoms with Gasteiger partial charge in [0.1, 0.15) is 5.75 Å². The van der Waals surface area contributed by atoms with E-state index in [0.29, 0.717) is 0 Å². The molecule has 0 aliphatic carbocycles. The minimum atomic E-state index is -0.00878. The van der Waals surface area contributed by atoms with Gasteiger partial charge in [0.2, 0.25) is 0 Å². The summed E-state index contributed by atoms with van der Waals surface area (Å²) in [4.78, 5) is 0. The number of rotatable bonds is 5. The van der Waals surface area contributed by atoms with Crippen LogP contribution < -0.4 is 16.0 Å². The molecule has 0 aliphatic heterocycles. The van der Waals surface area contributed by atoms with Gasteiger partial charge in [0.25, 0.3) is 0 Å². The van der Waals surface area contributed by atoms with Crippen molar-refractivity contribution in [3.05, 3.63) is 64.7 Å². The summed E-state index contributed by atoms with van der Waals surface area (Å²) in [7, 11) is 1.68. The zero-order chi connectivity index (χ0) is 14.5. The zero-order valence-corrected chi connectivity index (χ0v) is 12.3. The lowest BCUT2D eigenvalue weighted by molar-refractivity contribution is 0.411. The van der Waals surface area contributed by atoms with Gasteiger partial charge in [0, 0.05) is 0 Å². The standard InChI is InChI=1S/C17H22N2O/c1-4-13-5-7-14(8-6-13)17(19-18)15-9-10-16(20-3)12(2)11-15/h5-11,17,19H,4,18H2,1-3H3. The monoisotopic (exact) mass is 270 g/mol. The Hall–Kier alpha value is -1.84. The molecule has 2 rings (SSSR count). The van der Waals surface area contributed by atoms with E-state index < -0.39 is 0 Å². The van der Waals surface area contributed by atoms with Gasteiger partial charge in [-0.1, -0.05) is 43.3 Å². The Balaban J connectivity index is 2.33. The number of hydrogen-bond donors (Lipinski definition) is 2. The fourth-order valence-electron chi connectivity index (χ4n) is 2.41. The van der Waals surface area contributed by atoms with Gasteiger partial charge < -0.3 is 4.74 Å². The van der Waals surface area contributed by atoms with E-state index in [-0.39, 0.29) is 6.04 Å². The van der Waals surface area contributed by atoms with Gasteiger partial charge in [0.15, 0.2) is 0 Å². The Labute approximate surface area is 120 Å². The van der Waals surface area contributed by atoms with Crippen LogP contribution in [0.25, 0.3) is 0 Å². The molecule has 0 saturated carbocycles. The lowest BCUT2D eigenvalue weighted by Crippen LogP contribution is -2.28. The molecule has 0 heterocycles. The predicted molar refractivity (Wildman–Crippen MR) is 82.7 cm³/mol. The van der Waals surface area contributed by atoms with Crippen LogP contribution in [-0.2, 0) is 6.42 Å². The highest BCUT2D eigenvalue weighted by atomic mass is 16.5. The number of methoxy groups -OCH3 is 1. The second kappa shape index (κ2) is 6.55.